The molecular formula is C35H37Cl2N3O4S. The summed E-state index contributed by atoms with van der Waals surface area (Å²) in [6.45, 7) is 5.26. The lowest BCUT2D eigenvalue weighted by molar-refractivity contribution is -0.140. The molecule has 4 aromatic rings. The van der Waals surface area contributed by atoms with Crippen LogP contribution in [0.4, 0.5) is 5.69 Å². The minimum Gasteiger partial charge on any atom is -0.352 e. The van der Waals surface area contributed by atoms with Gasteiger partial charge >= 0.3 is 0 Å². The van der Waals surface area contributed by atoms with E-state index in [9.17, 15) is 18.0 Å². The molecule has 2 atom stereocenters. The van der Waals surface area contributed by atoms with E-state index in [1.54, 1.807) is 30.3 Å². The summed E-state index contributed by atoms with van der Waals surface area (Å²) in [5, 5.41) is 3.17. The summed E-state index contributed by atoms with van der Waals surface area (Å²) >= 11 is 12.9. The highest BCUT2D eigenvalue weighted by molar-refractivity contribution is 7.92. The molecule has 0 aliphatic carbocycles. The van der Waals surface area contributed by atoms with Crippen LogP contribution >= 0.6 is 23.2 Å². The molecular weight excluding hydrogens is 629 g/mol. The first kappa shape index (κ1) is 34.0. The second-order valence-corrected chi connectivity index (χ2v) is 13.5. The second kappa shape index (κ2) is 15.4. The van der Waals surface area contributed by atoms with Gasteiger partial charge in [-0.3, -0.25) is 13.9 Å². The second-order valence-electron chi connectivity index (χ2n) is 10.9. The molecule has 0 aromatic heterocycles. The Kier molecular flexibility index (Phi) is 11.7. The molecule has 0 spiro atoms. The van der Waals surface area contributed by atoms with E-state index in [4.69, 9.17) is 23.2 Å². The molecule has 0 heterocycles. The standard InChI is InChI=1S/C35H37Cl2N3O4S/c1-4-26(3)38-35(42)32(22-27-15-7-5-8-16-27)39(23-28-17-12-11-14-25(28)2)33(41)24-40(31-21-13-20-30(36)34(31)37)45(43,44)29-18-9-6-10-19-29/h5-21,26,32H,4,22-24H2,1-3H3,(H,38,42)/t26-,32-/m1/s1. The Labute approximate surface area is 275 Å². The maximum atomic E-state index is 14.6. The number of carbonyl (C=O) groups is 2. The Bertz CT molecular complexity index is 1720. The number of hydrogen-bond acceptors (Lipinski definition) is 4. The number of benzene rings is 4. The third-order valence-electron chi connectivity index (χ3n) is 7.68. The number of carbonyl (C=O) groups excluding carboxylic acids is 2. The number of halogens is 2. The van der Waals surface area contributed by atoms with Gasteiger partial charge in [0.25, 0.3) is 10.0 Å². The Hall–Kier alpha value is -3.85. The van der Waals surface area contributed by atoms with Crippen LogP contribution in [0.3, 0.4) is 0 Å². The predicted molar refractivity (Wildman–Crippen MR) is 181 cm³/mol. The minimum atomic E-state index is -4.29. The van der Waals surface area contributed by atoms with Crippen LogP contribution in [0.25, 0.3) is 0 Å². The van der Waals surface area contributed by atoms with Crippen LogP contribution in [0.2, 0.25) is 10.0 Å². The Balaban J connectivity index is 1.84. The molecule has 0 saturated carbocycles. The molecule has 1 N–H and O–H groups in total. The molecule has 0 fully saturated rings. The summed E-state index contributed by atoms with van der Waals surface area (Å²) < 4.78 is 29.2. The van der Waals surface area contributed by atoms with Gasteiger partial charge < -0.3 is 10.2 Å². The maximum Gasteiger partial charge on any atom is 0.264 e. The van der Waals surface area contributed by atoms with E-state index in [2.05, 4.69) is 5.32 Å². The van der Waals surface area contributed by atoms with E-state index in [0.717, 1.165) is 21.0 Å². The van der Waals surface area contributed by atoms with Crippen molar-refractivity contribution in [3.05, 3.63) is 130 Å². The highest BCUT2D eigenvalue weighted by Gasteiger charge is 2.35. The van der Waals surface area contributed by atoms with Gasteiger partial charge in [-0.2, -0.15) is 0 Å². The first-order chi connectivity index (χ1) is 21.5. The van der Waals surface area contributed by atoms with Gasteiger partial charge in [0.2, 0.25) is 11.8 Å². The fourth-order valence-corrected chi connectivity index (χ4v) is 6.78. The van der Waals surface area contributed by atoms with Crippen LogP contribution in [-0.4, -0.2) is 43.8 Å². The van der Waals surface area contributed by atoms with Crippen LogP contribution in [-0.2, 0) is 32.6 Å². The summed E-state index contributed by atoms with van der Waals surface area (Å²) in [6, 6.07) is 28.4. The van der Waals surface area contributed by atoms with E-state index >= 15 is 0 Å². The van der Waals surface area contributed by atoms with Gasteiger partial charge in [0.1, 0.15) is 12.6 Å². The molecule has 0 radical (unpaired) electrons. The molecule has 7 nitrogen and oxygen atoms in total. The van der Waals surface area contributed by atoms with Gasteiger partial charge in [0, 0.05) is 19.0 Å². The van der Waals surface area contributed by atoms with Crippen molar-refractivity contribution in [1.82, 2.24) is 10.2 Å². The molecule has 2 amide bonds. The zero-order chi connectivity index (χ0) is 32.6. The van der Waals surface area contributed by atoms with Gasteiger partial charge in [0.05, 0.1) is 20.6 Å². The molecule has 0 aliphatic rings. The van der Waals surface area contributed by atoms with Crippen molar-refractivity contribution in [2.75, 3.05) is 10.8 Å². The zero-order valence-corrected chi connectivity index (χ0v) is 27.8. The van der Waals surface area contributed by atoms with E-state index in [1.165, 1.54) is 23.1 Å². The first-order valence-electron chi connectivity index (χ1n) is 14.7. The highest BCUT2D eigenvalue weighted by Crippen LogP contribution is 2.35. The molecule has 0 bridgehead atoms. The van der Waals surface area contributed by atoms with Crippen molar-refractivity contribution >= 4 is 50.7 Å². The monoisotopic (exact) mass is 665 g/mol. The number of hydrogen-bond donors (Lipinski definition) is 1. The summed E-state index contributed by atoms with van der Waals surface area (Å²) in [5.41, 5.74) is 2.68. The first-order valence-corrected chi connectivity index (χ1v) is 16.9. The van der Waals surface area contributed by atoms with Crippen LogP contribution in [0.1, 0.15) is 37.0 Å². The SMILES string of the molecule is CC[C@@H](C)NC(=O)[C@@H](Cc1ccccc1)N(Cc1ccccc1C)C(=O)CN(c1cccc(Cl)c1Cl)S(=O)(=O)c1ccccc1. The fraction of sp³-hybridized carbons (Fsp3) is 0.257. The summed E-state index contributed by atoms with van der Waals surface area (Å²) in [5.74, 6) is -0.901. The Morgan fingerprint density at radius 2 is 1.47 bits per heavy atom. The van der Waals surface area contributed by atoms with Crippen molar-refractivity contribution in [3.8, 4) is 0 Å². The zero-order valence-electron chi connectivity index (χ0n) is 25.5. The fourth-order valence-electron chi connectivity index (χ4n) is 4.88. The van der Waals surface area contributed by atoms with Gasteiger partial charge in [-0.15, -0.1) is 0 Å². The summed E-state index contributed by atoms with van der Waals surface area (Å²) in [6.07, 6.45) is 0.927. The quantitative estimate of drug-likeness (QED) is 0.166. The lowest BCUT2D eigenvalue weighted by Gasteiger charge is -2.34. The average Bonchev–Trinajstić information content (AvgIpc) is 3.04. The molecule has 236 valence electrons. The Morgan fingerprint density at radius 1 is 0.844 bits per heavy atom. The minimum absolute atomic E-state index is 0.00715. The molecule has 45 heavy (non-hydrogen) atoms. The van der Waals surface area contributed by atoms with Gasteiger partial charge in [-0.25, -0.2) is 8.42 Å². The van der Waals surface area contributed by atoms with Crippen LogP contribution in [0.5, 0.6) is 0 Å². The van der Waals surface area contributed by atoms with E-state index in [-0.39, 0.29) is 45.5 Å². The number of anilines is 1. The summed E-state index contributed by atoms with van der Waals surface area (Å²) in [7, 11) is -4.29. The molecule has 0 saturated heterocycles. The molecule has 4 rings (SSSR count). The maximum absolute atomic E-state index is 14.6. The molecule has 0 unspecified atom stereocenters. The average molecular weight is 667 g/mol. The van der Waals surface area contributed by atoms with Crippen molar-refractivity contribution in [2.45, 2.75) is 57.1 Å². The predicted octanol–water partition coefficient (Wildman–Crippen LogP) is 7.05. The largest absolute Gasteiger partial charge is 0.352 e. The van der Waals surface area contributed by atoms with Crippen molar-refractivity contribution in [1.29, 1.82) is 0 Å². The normalized spacial score (nSPS) is 12.6. The van der Waals surface area contributed by atoms with E-state index in [0.29, 0.717) is 6.42 Å². The van der Waals surface area contributed by atoms with Gasteiger partial charge in [0.15, 0.2) is 0 Å². The van der Waals surface area contributed by atoms with Crippen LogP contribution in [0.15, 0.2) is 108 Å². The lowest BCUT2D eigenvalue weighted by Crippen LogP contribution is -2.54. The highest BCUT2D eigenvalue weighted by atomic mass is 35.5. The van der Waals surface area contributed by atoms with Crippen LogP contribution < -0.4 is 9.62 Å². The number of aryl methyl sites for hydroxylation is 1. The van der Waals surface area contributed by atoms with Gasteiger partial charge in [-0.1, -0.05) is 109 Å². The number of rotatable bonds is 13. The summed E-state index contributed by atoms with van der Waals surface area (Å²) in [4.78, 5) is 30.0. The molecule has 0 aliphatic heterocycles. The van der Waals surface area contributed by atoms with E-state index in [1.807, 2.05) is 75.4 Å². The number of nitrogens with zero attached hydrogens (tertiary/aromatic N) is 2. The third-order valence-corrected chi connectivity index (χ3v) is 10.3. The van der Waals surface area contributed by atoms with Gasteiger partial charge in [-0.05, 0) is 61.2 Å². The van der Waals surface area contributed by atoms with Crippen molar-refractivity contribution in [2.24, 2.45) is 0 Å². The van der Waals surface area contributed by atoms with Crippen LogP contribution in [0, 0.1) is 6.92 Å². The van der Waals surface area contributed by atoms with Crippen molar-refractivity contribution < 1.29 is 18.0 Å². The van der Waals surface area contributed by atoms with Crippen molar-refractivity contribution in [3.63, 3.8) is 0 Å². The smallest absolute Gasteiger partial charge is 0.264 e. The van der Waals surface area contributed by atoms with E-state index < -0.39 is 28.5 Å². The lowest BCUT2D eigenvalue weighted by atomic mass is 10.0. The Morgan fingerprint density at radius 3 is 2.11 bits per heavy atom. The number of sulfonamides is 1. The molecule has 10 heteroatoms. The number of nitrogens with one attached hydrogen (secondary N) is 1. The molecule has 4 aromatic carbocycles. The third kappa shape index (κ3) is 8.45. The number of amides is 2. The topological polar surface area (TPSA) is 86.8 Å².